The van der Waals surface area contributed by atoms with Gasteiger partial charge < -0.3 is 14.8 Å². The second kappa shape index (κ2) is 7.47. The van der Waals surface area contributed by atoms with Crippen molar-refractivity contribution in [2.45, 2.75) is 13.8 Å². The van der Waals surface area contributed by atoms with Crippen molar-refractivity contribution in [2.75, 3.05) is 11.9 Å². The fraction of sp³-hybridized carbons (Fsp3) is 0.211. The molecule has 4 aromatic rings. The number of aromatic nitrogens is 6. The van der Waals surface area contributed by atoms with Crippen molar-refractivity contribution in [1.82, 2.24) is 29.9 Å². The summed E-state index contributed by atoms with van der Waals surface area (Å²) in [7, 11) is 1.75. The molecule has 0 aliphatic heterocycles. The minimum Gasteiger partial charge on any atom is -0.492 e. The van der Waals surface area contributed by atoms with Crippen molar-refractivity contribution < 1.29 is 9.47 Å². The SMILES string of the molecule is CCOc1cnc(Oc2ccc3ncnc(Nc4cnn(C)n4)c3c2)c(C)c1. The molecule has 28 heavy (non-hydrogen) atoms. The average molecular weight is 377 g/mol. The second-order valence-corrected chi connectivity index (χ2v) is 6.07. The summed E-state index contributed by atoms with van der Waals surface area (Å²) < 4.78 is 11.4. The highest BCUT2D eigenvalue weighted by molar-refractivity contribution is 5.91. The molecule has 0 atom stereocenters. The Balaban J connectivity index is 1.64. The van der Waals surface area contributed by atoms with Gasteiger partial charge in [0.2, 0.25) is 5.88 Å². The molecule has 0 saturated carbocycles. The number of anilines is 2. The lowest BCUT2D eigenvalue weighted by Crippen LogP contribution is -1.99. The van der Waals surface area contributed by atoms with E-state index in [-0.39, 0.29) is 0 Å². The molecule has 0 spiro atoms. The molecule has 1 aromatic carbocycles. The fourth-order valence-corrected chi connectivity index (χ4v) is 2.72. The molecule has 142 valence electrons. The third-order valence-electron chi connectivity index (χ3n) is 3.98. The fourth-order valence-electron chi connectivity index (χ4n) is 2.72. The molecule has 1 N–H and O–H groups in total. The van der Waals surface area contributed by atoms with Crippen LogP contribution < -0.4 is 14.8 Å². The van der Waals surface area contributed by atoms with E-state index in [1.165, 1.54) is 11.1 Å². The van der Waals surface area contributed by atoms with Crippen molar-refractivity contribution in [3.8, 4) is 17.4 Å². The highest BCUT2D eigenvalue weighted by atomic mass is 16.5. The van der Waals surface area contributed by atoms with Crippen molar-refractivity contribution in [3.05, 3.63) is 48.5 Å². The number of nitrogens with zero attached hydrogens (tertiary/aromatic N) is 6. The summed E-state index contributed by atoms with van der Waals surface area (Å²) in [5, 5.41) is 12.2. The number of hydrogen-bond donors (Lipinski definition) is 1. The molecule has 0 radical (unpaired) electrons. The second-order valence-electron chi connectivity index (χ2n) is 6.07. The van der Waals surface area contributed by atoms with Crippen molar-refractivity contribution in [3.63, 3.8) is 0 Å². The lowest BCUT2D eigenvalue weighted by atomic mass is 10.2. The van der Waals surface area contributed by atoms with E-state index in [1.54, 1.807) is 19.4 Å². The summed E-state index contributed by atoms with van der Waals surface area (Å²) in [5.74, 6) is 3.08. The van der Waals surface area contributed by atoms with Crippen molar-refractivity contribution in [1.29, 1.82) is 0 Å². The number of benzene rings is 1. The number of aryl methyl sites for hydroxylation is 2. The number of pyridine rings is 1. The van der Waals surface area contributed by atoms with E-state index in [4.69, 9.17) is 9.47 Å². The third kappa shape index (κ3) is 3.68. The quantitative estimate of drug-likeness (QED) is 0.546. The maximum atomic E-state index is 5.98. The molecule has 3 heterocycles. The van der Waals surface area contributed by atoms with Gasteiger partial charge >= 0.3 is 0 Å². The molecule has 0 saturated heterocycles. The zero-order valence-electron chi connectivity index (χ0n) is 15.7. The Morgan fingerprint density at radius 2 is 1.96 bits per heavy atom. The largest absolute Gasteiger partial charge is 0.492 e. The van der Waals surface area contributed by atoms with Gasteiger partial charge in [0.15, 0.2) is 5.82 Å². The van der Waals surface area contributed by atoms with Crippen LogP contribution in [0.25, 0.3) is 10.9 Å². The predicted octanol–water partition coefficient (Wildman–Crippen LogP) is 3.40. The summed E-state index contributed by atoms with van der Waals surface area (Å²) in [4.78, 5) is 14.5. The van der Waals surface area contributed by atoms with Crippen LogP contribution in [-0.4, -0.2) is 36.6 Å². The number of fused-ring (bicyclic) bond motifs is 1. The van der Waals surface area contributed by atoms with Crippen LogP contribution in [0.15, 0.2) is 43.0 Å². The van der Waals surface area contributed by atoms with E-state index >= 15 is 0 Å². The lowest BCUT2D eigenvalue weighted by Gasteiger charge is -2.11. The van der Waals surface area contributed by atoms with Gasteiger partial charge in [0.1, 0.15) is 23.6 Å². The Kier molecular flexibility index (Phi) is 4.71. The highest BCUT2D eigenvalue weighted by Gasteiger charge is 2.10. The normalized spacial score (nSPS) is 10.8. The van der Waals surface area contributed by atoms with E-state index in [9.17, 15) is 0 Å². The minimum atomic E-state index is 0.517. The van der Waals surface area contributed by atoms with Gasteiger partial charge in [-0.1, -0.05) is 0 Å². The van der Waals surface area contributed by atoms with E-state index < -0.39 is 0 Å². The molecule has 9 heteroatoms. The zero-order valence-corrected chi connectivity index (χ0v) is 15.7. The van der Waals surface area contributed by atoms with Crippen LogP contribution in [0.5, 0.6) is 17.4 Å². The van der Waals surface area contributed by atoms with E-state index in [0.29, 0.717) is 29.9 Å². The maximum Gasteiger partial charge on any atom is 0.222 e. The van der Waals surface area contributed by atoms with Gasteiger partial charge in [-0.15, -0.1) is 5.10 Å². The topological polar surface area (TPSA) is 99.9 Å². The van der Waals surface area contributed by atoms with Crippen LogP contribution in [-0.2, 0) is 7.05 Å². The van der Waals surface area contributed by atoms with Crippen LogP contribution in [0.1, 0.15) is 12.5 Å². The van der Waals surface area contributed by atoms with Gasteiger partial charge in [-0.25, -0.2) is 15.0 Å². The summed E-state index contributed by atoms with van der Waals surface area (Å²) in [6.07, 6.45) is 4.78. The van der Waals surface area contributed by atoms with Crippen LogP contribution in [0, 0.1) is 6.92 Å². The summed E-state index contributed by atoms with van der Waals surface area (Å²) in [6, 6.07) is 7.49. The van der Waals surface area contributed by atoms with Crippen LogP contribution >= 0.6 is 0 Å². The van der Waals surface area contributed by atoms with Crippen LogP contribution in [0.4, 0.5) is 11.6 Å². The Morgan fingerprint density at radius 1 is 1.07 bits per heavy atom. The highest BCUT2D eigenvalue weighted by Crippen LogP contribution is 2.30. The first-order chi connectivity index (χ1) is 13.6. The Labute approximate surface area is 161 Å². The smallest absolute Gasteiger partial charge is 0.222 e. The molecular formula is C19H19N7O2. The van der Waals surface area contributed by atoms with Gasteiger partial charge in [-0.3, -0.25) is 0 Å². The summed E-state index contributed by atoms with van der Waals surface area (Å²) >= 11 is 0. The minimum absolute atomic E-state index is 0.517. The van der Waals surface area contributed by atoms with Gasteiger partial charge in [-0.2, -0.15) is 9.90 Å². The molecule has 0 amide bonds. The molecular weight excluding hydrogens is 358 g/mol. The standard InChI is InChI=1S/C19H19N7O2/c1-4-27-14-7-12(2)19(20-9-14)28-13-5-6-16-15(8-13)18(22-11-21-16)24-17-10-23-26(3)25-17/h5-11H,4H2,1-3H3,(H,21,22,24,25). The number of ether oxygens (including phenoxy) is 2. The monoisotopic (exact) mass is 377 g/mol. The molecule has 0 bridgehead atoms. The molecule has 9 nitrogen and oxygen atoms in total. The molecule has 0 unspecified atom stereocenters. The van der Waals surface area contributed by atoms with Crippen LogP contribution in [0.3, 0.4) is 0 Å². The maximum absolute atomic E-state index is 5.98. The molecule has 0 aliphatic carbocycles. The lowest BCUT2D eigenvalue weighted by molar-refractivity contribution is 0.337. The molecule has 3 aromatic heterocycles. The van der Waals surface area contributed by atoms with Gasteiger partial charge in [-0.05, 0) is 38.1 Å². The number of nitrogens with one attached hydrogen (secondary N) is 1. The molecule has 0 aliphatic rings. The molecule has 4 rings (SSSR count). The van der Waals surface area contributed by atoms with E-state index in [1.807, 2.05) is 38.1 Å². The zero-order chi connectivity index (χ0) is 19.5. The van der Waals surface area contributed by atoms with Gasteiger partial charge in [0, 0.05) is 18.0 Å². The van der Waals surface area contributed by atoms with Crippen LogP contribution in [0.2, 0.25) is 0 Å². The Bertz CT molecular complexity index is 1130. The van der Waals surface area contributed by atoms with E-state index in [2.05, 4.69) is 30.5 Å². The summed E-state index contributed by atoms with van der Waals surface area (Å²) in [5.41, 5.74) is 1.67. The Hall–Kier alpha value is -3.75. The molecule has 0 fully saturated rings. The predicted molar refractivity (Wildman–Crippen MR) is 104 cm³/mol. The Morgan fingerprint density at radius 3 is 2.71 bits per heavy atom. The van der Waals surface area contributed by atoms with Crippen molar-refractivity contribution >= 4 is 22.5 Å². The third-order valence-corrected chi connectivity index (χ3v) is 3.98. The number of rotatable bonds is 6. The first-order valence-electron chi connectivity index (χ1n) is 8.78. The average Bonchev–Trinajstić information content (AvgIpc) is 3.09. The van der Waals surface area contributed by atoms with E-state index in [0.717, 1.165) is 22.2 Å². The summed E-state index contributed by atoms with van der Waals surface area (Å²) in [6.45, 7) is 4.45. The first kappa shape index (κ1) is 17.7. The number of hydrogen-bond acceptors (Lipinski definition) is 8. The first-order valence-corrected chi connectivity index (χ1v) is 8.78. The van der Waals surface area contributed by atoms with Crippen molar-refractivity contribution in [2.24, 2.45) is 7.05 Å². The van der Waals surface area contributed by atoms with Gasteiger partial charge in [0.25, 0.3) is 0 Å². The van der Waals surface area contributed by atoms with Gasteiger partial charge in [0.05, 0.1) is 24.5 Å².